The maximum atomic E-state index is 15.5. The Morgan fingerprint density at radius 2 is 1.66 bits per heavy atom. The molecule has 192 valence electrons. The Bertz CT molecular complexity index is 921. The average Bonchev–Trinajstić information content (AvgIpc) is 2.82. The standard InChI is InChI=1S/C28H41FN2O3Si/c1-28(2,3)35(4,5)34-19-18-30-17-16-26(25(29)21-30)31(20-23-12-8-6-9-13-23)27(32)33-22-24-14-10-7-11-15-24/h6-15,25-26H,16-22H2,1-5H3/t25-,26+/m0/s1. The van der Waals surface area contributed by atoms with Gasteiger partial charge in [0.2, 0.25) is 0 Å². The van der Waals surface area contributed by atoms with E-state index in [-0.39, 0.29) is 11.6 Å². The van der Waals surface area contributed by atoms with Crippen molar-refractivity contribution < 1.29 is 18.3 Å². The van der Waals surface area contributed by atoms with Gasteiger partial charge in [-0.25, -0.2) is 9.18 Å². The normalized spacial score (nSPS) is 19.4. The van der Waals surface area contributed by atoms with Crippen LogP contribution < -0.4 is 0 Å². The topological polar surface area (TPSA) is 42.0 Å². The van der Waals surface area contributed by atoms with E-state index < -0.39 is 26.6 Å². The van der Waals surface area contributed by atoms with Crippen molar-refractivity contribution in [3.63, 3.8) is 0 Å². The van der Waals surface area contributed by atoms with E-state index in [0.717, 1.165) is 17.7 Å². The van der Waals surface area contributed by atoms with Crippen LogP contribution in [0.3, 0.4) is 0 Å². The smallest absolute Gasteiger partial charge is 0.410 e. The van der Waals surface area contributed by atoms with Crippen molar-refractivity contribution in [2.45, 2.75) is 70.7 Å². The molecule has 2 aromatic rings. The van der Waals surface area contributed by atoms with Crippen LogP contribution in [0, 0.1) is 0 Å². The summed E-state index contributed by atoms with van der Waals surface area (Å²) >= 11 is 0. The van der Waals surface area contributed by atoms with Crippen molar-refractivity contribution in [1.82, 2.24) is 9.80 Å². The lowest BCUT2D eigenvalue weighted by atomic mass is 10.0. The average molecular weight is 501 g/mol. The molecular formula is C28H41FN2O3Si. The Morgan fingerprint density at radius 3 is 2.23 bits per heavy atom. The van der Waals surface area contributed by atoms with Gasteiger partial charge in [-0.05, 0) is 35.7 Å². The Balaban J connectivity index is 1.60. The molecule has 0 bridgehead atoms. The number of carbonyl (C=O) groups is 1. The van der Waals surface area contributed by atoms with Crippen LogP contribution in [0.4, 0.5) is 9.18 Å². The van der Waals surface area contributed by atoms with Crippen molar-refractivity contribution in [3.05, 3.63) is 71.8 Å². The van der Waals surface area contributed by atoms with Crippen molar-refractivity contribution in [2.75, 3.05) is 26.2 Å². The molecule has 1 aliphatic heterocycles. The molecule has 2 atom stereocenters. The summed E-state index contributed by atoms with van der Waals surface area (Å²) < 4.78 is 27.4. The maximum Gasteiger partial charge on any atom is 0.410 e. The fourth-order valence-electron chi connectivity index (χ4n) is 4.06. The molecule has 5 nitrogen and oxygen atoms in total. The monoisotopic (exact) mass is 500 g/mol. The van der Waals surface area contributed by atoms with E-state index in [1.54, 1.807) is 4.90 Å². The summed E-state index contributed by atoms with van der Waals surface area (Å²) in [6.45, 7) is 14.0. The first kappa shape index (κ1) is 27.4. The molecule has 0 aliphatic carbocycles. The van der Waals surface area contributed by atoms with Crippen LogP contribution in [0.2, 0.25) is 18.1 Å². The summed E-state index contributed by atoms with van der Waals surface area (Å²) in [5.41, 5.74) is 1.87. The van der Waals surface area contributed by atoms with Gasteiger partial charge in [0.1, 0.15) is 12.8 Å². The quantitative estimate of drug-likeness (QED) is 0.381. The molecule has 0 unspecified atom stereocenters. The van der Waals surface area contributed by atoms with Gasteiger partial charge in [-0.2, -0.15) is 0 Å². The second-order valence-electron chi connectivity index (χ2n) is 10.9. The highest BCUT2D eigenvalue weighted by Gasteiger charge is 2.39. The summed E-state index contributed by atoms with van der Waals surface area (Å²) in [6, 6.07) is 18.8. The van der Waals surface area contributed by atoms with Gasteiger partial charge in [0, 0.05) is 32.8 Å². The van der Waals surface area contributed by atoms with E-state index in [9.17, 15) is 4.79 Å². The summed E-state index contributed by atoms with van der Waals surface area (Å²) in [7, 11) is -1.82. The number of hydrogen-bond donors (Lipinski definition) is 0. The second-order valence-corrected chi connectivity index (χ2v) is 15.7. The largest absolute Gasteiger partial charge is 0.445 e. The first-order valence-corrected chi connectivity index (χ1v) is 15.5. The van der Waals surface area contributed by atoms with Crippen LogP contribution in [0.15, 0.2) is 60.7 Å². The van der Waals surface area contributed by atoms with Crippen LogP contribution in [-0.2, 0) is 22.3 Å². The molecule has 7 heteroatoms. The lowest BCUT2D eigenvalue weighted by Gasteiger charge is -2.41. The fourth-order valence-corrected chi connectivity index (χ4v) is 5.09. The molecule has 2 aromatic carbocycles. The number of amides is 1. The predicted octanol–water partition coefficient (Wildman–Crippen LogP) is 6.26. The molecule has 0 N–H and O–H groups in total. The highest BCUT2D eigenvalue weighted by molar-refractivity contribution is 6.74. The third-order valence-electron chi connectivity index (χ3n) is 7.30. The summed E-state index contributed by atoms with van der Waals surface area (Å²) in [5, 5.41) is 0.153. The molecule has 1 heterocycles. The lowest BCUT2D eigenvalue weighted by molar-refractivity contribution is 0.0147. The third kappa shape index (κ3) is 7.89. The van der Waals surface area contributed by atoms with Gasteiger partial charge >= 0.3 is 6.09 Å². The van der Waals surface area contributed by atoms with Crippen molar-refractivity contribution in [2.24, 2.45) is 0 Å². The molecule has 1 aliphatic rings. The molecule has 0 aromatic heterocycles. The van der Waals surface area contributed by atoms with E-state index in [1.807, 2.05) is 60.7 Å². The van der Waals surface area contributed by atoms with Gasteiger partial charge in [0.05, 0.1) is 6.04 Å². The highest BCUT2D eigenvalue weighted by Crippen LogP contribution is 2.36. The van der Waals surface area contributed by atoms with Crippen molar-refractivity contribution in [1.29, 1.82) is 0 Å². The lowest BCUT2D eigenvalue weighted by Crippen LogP contribution is -2.54. The van der Waals surface area contributed by atoms with Crippen molar-refractivity contribution in [3.8, 4) is 0 Å². The molecule has 1 saturated heterocycles. The molecule has 0 saturated carbocycles. The zero-order valence-electron chi connectivity index (χ0n) is 21.9. The first-order valence-electron chi connectivity index (χ1n) is 12.6. The van der Waals surface area contributed by atoms with Crippen LogP contribution >= 0.6 is 0 Å². The van der Waals surface area contributed by atoms with Gasteiger partial charge in [-0.15, -0.1) is 0 Å². The zero-order valence-corrected chi connectivity index (χ0v) is 22.9. The van der Waals surface area contributed by atoms with E-state index in [1.165, 1.54) is 0 Å². The molecule has 3 rings (SSSR count). The number of ether oxygens (including phenoxy) is 1. The van der Waals surface area contributed by atoms with Crippen LogP contribution in [0.5, 0.6) is 0 Å². The van der Waals surface area contributed by atoms with Gasteiger partial charge in [0.25, 0.3) is 0 Å². The van der Waals surface area contributed by atoms with Gasteiger partial charge < -0.3 is 9.16 Å². The molecule has 1 fully saturated rings. The Morgan fingerprint density at radius 1 is 1.06 bits per heavy atom. The number of rotatable bonds is 9. The van der Waals surface area contributed by atoms with Crippen LogP contribution in [-0.4, -0.2) is 62.7 Å². The number of carbonyl (C=O) groups excluding carboxylic acids is 1. The summed E-state index contributed by atoms with van der Waals surface area (Å²) in [6.07, 6.45) is -1.06. The minimum Gasteiger partial charge on any atom is -0.445 e. The fraction of sp³-hybridized carbons (Fsp3) is 0.536. The minimum atomic E-state index is -1.82. The number of piperidine rings is 1. The minimum absolute atomic E-state index is 0.153. The molecule has 1 amide bonds. The summed E-state index contributed by atoms with van der Waals surface area (Å²) in [5.74, 6) is 0. The molecule has 0 spiro atoms. The Kier molecular flexibility index (Phi) is 9.50. The van der Waals surface area contributed by atoms with E-state index in [0.29, 0.717) is 32.7 Å². The Labute approximate surface area is 211 Å². The number of hydrogen-bond acceptors (Lipinski definition) is 4. The SMILES string of the molecule is CC(C)(C)[Si](C)(C)OCCN1CC[C@@H](N(Cc2ccccc2)C(=O)OCc2ccccc2)[C@@H](F)C1. The summed E-state index contributed by atoms with van der Waals surface area (Å²) in [4.78, 5) is 16.8. The van der Waals surface area contributed by atoms with Gasteiger partial charge in [-0.1, -0.05) is 81.4 Å². The van der Waals surface area contributed by atoms with Crippen molar-refractivity contribution >= 4 is 14.4 Å². The van der Waals surface area contributed by atoms with Gasteiger partial charge in [0.15, 0.2) is 8.32 Å². The third-order valence-corrected chi connectivity index (χ3v) is 11.8. The second kappa shape index (κ2) is 12.1. The Hall–Kier alpha value is -2.22. The van der Waals surface area contributed by atoms with Gasteiger partial charge in [-0.3, -0.25) is 9.80 Å². The number of nitrogens with zero attached hydrogens (tertiary/aromatic N) is 2. The number of likely N-dealkylation sites (tertiary alicyclic amines) is 1. The van der Waals surface area contributed by atoms with Crippen LogP contribution in [0.25, 0.3) is 0 Å². The molecular weight excluding hydrogens is 459 g/mol. The maximum absolute atomic E-state index is 15.5. The highest BCUT2D eigenvalue weighted by atomic mass is 28.4. The number of alkyl halides is 1. The molecule has 35 heavy (non-hydrogen) atoms. The zero-order chi connectivity index (χ0) is 25.5. The predicted molar refractivity (Wildman–Crippen MR) is 142 cm³/mol. The number of halogens is 1. The van der Waals surface area contributed by atoms with E-state index >= 15 is 4.39 Å². The number of benzene rings is 2. The first-order chi connectivity index (χ1) is 16.6. The van der Waals surface area contributed by atoms with Crippen LogP contribution in [0.1, 0.15) is 38.3 Å². The van der Waals surface area contributed by atoms with E-state index in [2.05, 4.69) is 38.8 Å². The van der Waals surface area contributed by atoms with E-state index in [4.69, 9.17) is 9.16 Å². The molecule has 0 radical (unpaired) electrons.